The molecule has 0 atom stereocenters. The molecule has 8 heteroatoms. The molecule has 1 saturated carbocycles. The average molecular weight is 472 g/mol. The third-order valence-corrected chi connectivity index (χ3v) is 6.30. The zero-order chi connectivity index (χ0) is 24.1. The van der Waals surface area contributed by atoms with Crippen LogP contribution in [0.2, 0.25) is 0 Å². The molecule has 34 heavy (non-hydrogen) atoms. The number of nitrogens with zero attached hydrogens (tertiary/aromatic N) is 1. The second-order valence-corrected chi connectivity index (χ2v) is 8.55. The lowest BCUT2D eigenvalue weighted by Crippen LogP contribution is -2.34. The van der Waals surface area contributed by atoms with Gasteiger partial charge in [0.25, 0.3) is 0 Å². The number of ether oxygens (including phenoxy) is 3. The maximum atomic E-state index is 14.7. The Bertz CT molecular complexity index is 1050. The molecule has 0 saturated heterocycles. The fourth-order valence-electron chi connectivity index (χ4n) is 4.62. The Balaban J connectivity index is 1.59. The van der Waals surface area contributed by atoms with Crippen LogP contribution in [0.15, 0.2) is 30.3 Å². The van der Waals surface area contributed by atoms with Gasteiger partial charge in [-0.15, -0.1) is 5.06 Å². The van der Waals surface area contributed by atoms with E-state index in [1.807, 2.05) is 25.1 Å². The van der Waals surface area contributed by atoms with Crippen molar-refractivity contribution < 1.29 is 33.0 Å². The van der Waals surface area contributed by atoms with E-state index in [0.29, 0.717) is 30.9 Å². The standard InChI is InChI=1S/C26H30FNO6/c1-3-32-24-14-17(15-25(29)31-2)8-9-21(24)19-10-11-23(27)20-12-13-28(16-22(19)20)34-26(30)33-18-6-4-5-7-18/h8-11,14,18H,3-7,12-13,15-16H2,1-2H3. The van der Waals surface area contributed by atoms with Gasteiger partial charge in [0, 0.05) is 12.1 Å². The third kappa shape index (κ3) is 5.50. The quantitative estimate of drug-likeness (QED) is 0.528. The highest BCUT2D eigenvalue weighted by atomic mass is 19.1. The van der Waals surface area contributed by atoms with Gasteiger partial charge >= 0.3 is 12.1 Å². The lowest BCUT2D eigenvalue weighted by Gasteiger charge is -2.29. The van der Waals surface area contributed by atoms with Crippen LogP contribution in [0, 0.1) is 5.82 Å². The monoisotopic (exact) mass is 471 g/mol. The van der Waals surface area contributed by atoms with Gasteiger partial charge in [-0.05, 0) is 73.4 Å². The number of hydrogen-bond acceptors (Lipinski definition) is 7. The Labute approximate surface area is 198 Å². The first-order valence-electron chi connectivity index (χ1n) is 11.7. The SMILES string of the molecule is CCOc1cc(CC(=O)OC)ccc1-c1ccc(F)c2c1CN(OC(=O)OC1CCCC1)CC2. The zero-order valence-electron chi connectivity index (χ0n) is 19.6. The van der Waals surface area contributed by atoms with E-state index >= 15 is 0 Å². The van der Waals surface area contributed by atoms with E-state index in [-0.39, 0.29) is 30.9 Å². The molecule has 7 nitrogen and oxygen atoms in total. The molecule has 0 radical (unpaired) electrons. The van der Waals surface area contributed by atoms with Crippen LogP contribution in [-0.4, -0.2) is 43.6 Å². The highest BCUT2D eigenvalue weighted by Crippen LogP contribution is 2.38. The number of esters is 1. The molecule has 4 rings (SSSR count). The molecule has 1 aliphatic carbocycles. The smallest absolute Gasteiger partial charge is 0.493 e. The Morgan fingerprint density at radius 2 is 1.85 bits per heavy atom. The number of carbonyl (C=O) groups excluding carboxylic acids is 2. The van der Waals surface area contributed by atoms with Crippen LogP contribution < -0.4 is 4.74 Å². The van der Waals surface area contributed by atoms with Crippen molar-refractivity contribution in [3.8, 4) is 16.9 Å². The molecule has 2 aromatic carbocycles. The summed E-state index contributed by atoms with van der Waals surface area (Å²) in [7, 11) is 1.35. The molecule has 1 aliphatic heterocycles. The van der Waals surface area contributed by atoms with Gasteiger partial charge in [-0.3, -0.25) is 4.79 Å². The van der Waals surface area contributed by atoms with Gasteiger partial charge in [-0.2, -0.15) is 0 Å². The maximum absolute atomic E-state index is 14.7. The number of benzene rings is 2. The number of halogens is 1. The van der Waals surface area contributed by atoms with Crippen LogP contribution in [0.25, 0.3) is 11.1 Å². The normalized spacial score (nSPS) is 16.1. The molecule has 0 bridgehead atoms. The minimum Gasteiger partial charge on any atom is -0.493 e. The molecule has 1 heterocycles. The second kappa shape index (κ2) is 10.9. The van der Waals surface area contributed by atoms with Crippen molar-refractivity contribution in [1.29, 1.82) is 0 Å². The molecular formula is C26H30FNO6. The van der Waals surface area contributed by atoms with Crippen molar-refractivity contribution >= 4 is 12.1 Å². The highest BCUT2D eigenvalue weighted by Gasteiger charge is 2.28. The summed E-state index contributed by atoms with van der Waals surface area (Å²) in [5, 5.41) is 1.52. The lowest BCUT2D eigenvalue weighted by atomic mass is 9.90. The van der Waals surface area contributed by atoms with Crippen molar-refractivity contribution in [3.63, 3.8) is 0 Å². The predicted molar refractivity (Wildman–Crippen MR) is 123 cm³/mol. The lowest BCUT2D eigenvalue weighted by molar-refractivity contribution is -0.143. The van der Waals surface area contributed by atoms with Gasteiger partial charge in [0.05, 0.1) is 26.7 Å². The van der Waals surface area contributed by atoms with Crippen molar-refractivity contribution in [1.82, 2.24) is 5.06 Å². The van der Waals surface area contributed by atoms with E-state index in [4.69, 9.17) is 19.0 Å². The highest BCUT2D eigenvalue weighted by molar-refractivity contribution is 5.77. The maximum Gasteiger partial charge on any atom is 0.528 e. The summed E-state index contributed by atoms with van der Waals surface area (Å²) in [4.78, 5) is 29.4. The molecule has 0 unspecified atom stereocenters. The van der Waals surface area contributed by atoms with Crippen molar-refractivity contribution in [2.24, 2.45) is 0 Å². The number of hydrogen-bond donors (Lipinski definition) is 0. The van der Waals surface area contributed by atoms with Gasteiger partial charge in [0.2, 0.25) is 0 Å². The Kier molecular flexibility index (Phi) is 7.67. The Morgan fingerprint density at radius 3 is 2.59 bits per heavy atom. The molecular weight excluding hydrogens is 441 g/mol. The van der Waals surface area contributed by atoms with E-state index in [0.717, 1.165) is 47.9 Å². The van der Waals surface area contributed by atoms with Crippen LogP contribution in [0.4, 0.5) is 9.18 Å². The molecule has 0 N–H and O–H groups in total. The first-order valence-corrected chi connectivity index (χ1v) is 11.7. The number of rotatable bonds is 7. The van der Waals surface area contributed by atoms with Gasteiger partial charge in [0.15, 0.2) is 0 Å². The van der Waals surface area contributed by atoms with E-state index in [2.05, 4.69) is 0 Å². The summed E-state index contributed by atoms with van der Waals surface area (Å²) < 4.78 is 30.7. The van der Waals surface area contributed by atoms with E-state index in [9.17, 15) is 14.0 Å². The minimum atomic E-state index is -0.713. The molecule has 182 valence electrons. The minimum absolute atomic E-state index is 0.0881. The second-order valence-electron chi connectivity index (χ2n) is 8.55. The summed E-state index contributed by atoms with van der Waals surface area (Å²) in [5.41, 5.74) is 3.67. The largest absolute Gasteiger partial charge is 0.528 e. The topological polar surface area (TPSA) is 74.3 Å². The summed E-state index contributed by atoms with van der Waals surface area (Å²) in [5.74, 6) is -0.0322. The third-order valence-electron chi connectivity index (χ3n) is 6.30. The molecule has 0 aromatic heterocycles. The van der Waals surface area contributed by atoms with E-state index in [1.165, 1.54) is 18.2 Å². The van der Waals surface area contributed by atoms with Crippen molar-refractivity contribution in [3.05, 3.63) is 52.8 Å². The zero-order valence-corrected chi connectivity index (χ0v) is 19.6. The van der Waals surface area contributed by atoms with Crippen molar-refractivity contribution in [2.45, 2.75) is 58.1 Å². The first kappa shape index (κ1) is 24.0. The van der Waals surface area contributed by atoms with Gasteiger partial charge < -0.3 is 19.0 Å². The van der Waals surface area contributed by atoms with Crippen LogP contribution in [-0.2, 0) is 38.5 Å². The summed E-state index contributed by atoms with van der Waals surface area (Å²) in [6, 6.07) is 8.68. The average Bonchev–Trinajstić information content (AvgIpc) is 3.33. The van der Waals surface area contributed by atoms with Crippen LogP contribution in [0.5, 0.6) is 5.75 Å². The number of fused-ring (bicyclic) bond motifs is 1. The van der Waals surface area contributed by atoms with Crippen LogP contribution >= 0.6 is 0 Å². The number of hydroxylamine groups is 2. The molecule has 0 spiro atoms. The summed E-state index contributed by atoms with van der Waals surface area (Å²) >= 11 is 0. The fourth-order valence-corrected chi connectivity index (χ4v) is 4.62. The number of methoxy groups -OCH3 is 1. The number of carbonyl (C=O) groups is 2. The predicted octanol–water partition coefficient (Wildman–Crippen LogP) is 4.98. The summed E-state index contributed by atoms with van der Waals surface area (Å²) in [6.45, 7) is 2.92. The summed E-state index contributed by atoms with van der Waals surface area (Å²) in [6.07, 6.45) is 3.56. The van der Waals surface area contributed by atoms with Crippen LogP contribution in [0.1, 0.15) is 49.3 Å². The van der Waals surface area contributed by atoms with Crippen LogP contribution in [0.3, 0.4) is 0 Å². The Hall–Kier alpha value is -3.13. The van der Waals surface area contributed by atoms with E-state index < -0.39 is 6.16 Å². The van der Waals surface area contributed by atoms with E-state index in [1.54, 1.807) is 6.07 Å². The molecule has 2 aliphatic rings. The van der Waals surface area contributed by atoms with Gasteiger partial charge in [0.1, 0.15) is 17.7 Å². The van der Waals surface area contributed by atoms with Crippen molar-refractivity contribution in [2.75, 3.05) is 20.3 Å². The van der Waals surface area contributed by atoms with Gasteiger partial charge in [-0.1, -0.05) is 18.2 Å². The Morgan fingerprint density at radius 1 is 1.09 bits per heavy atom. The first-order chi connectivity index (χ1) is 16.5. The molecule has 1 fully saturated rings. The molecule has 2 aromatic rings. The fraction of sp³-hybridized carbons (Fsp3) is 0.462. The van der Waals surface area contributed by atoms with Gasteiger partial charge in [-0.25, -0.2) is 9.18 Å². The molecule has 0 amide bonds.